The number of hydrogen-bond donors (Lipinski definition) is 9. The van der Waals surface area contributed by atoms with E-state index in [0.717, 1.165) is 6.26 Å². The number of benzene rings is 2. The van der Waals surface area contributed by atoms with E-state index in [-0.39, 0.29) is 60.2 Å². The summed E-state index contributed by atoms with van der Waals surface area (Å²) < 4.78 is 27.5. The van der Waals surface area contributed by atoms with Gasteiger partial charge >= 0.3 is 11.9 Å². The first-order chi connectivity index (χ1) is 22.9. The van der Waals surface area contributed by atoms with Crippen LogP contribution < -0.4 is 0 Å². The summed E-state index contributed by atoms with van der Waals surface area (Å²) in [5.41, 5.74) is 0.956. The second-order valence-electron chi connectivity index (χ2n) is 11.0. The number of rotatable bonds is 13. The van der Waals surface area contributed by atoms with E-state index in [2.05, 4.69) is 0 Å². The summed E-state index contributed by atoms with van der Waals surface area (Å²) in [6.45, 7) is -1.66. The molecule has 4 rings (SSSR count). The first kappa shape index (κ1) is 36.4. The van der Waals surface area contributed by atoms with Gasteiger partial charge in [0.2, 0.25) is 6.29 Å². The summed E-state index contributed by atoms with van der Waals surface area (Å²) >= 11 is 0. The number of aliphatic hydroxyl groups excluding tert-OH is 5. The van der Waals surface area contributed by atoms with E-state index in [9.17, 15) is 55.5 Å². The van der Waals surface area contributed by atoms with Gasteiger partial charge in [-0.2, -0.15) is 0 Å². The zero-order chi connectivity index (χ0) is 35.0. The highest BCUT2D eigenvalue weighted by Crippen LogP contribution is 2.36. The fourth-order valence-corrected chi connectivity index (χ4v) is 5.12. The van der Waals surface area contributed by atoms with Gasteiger partial charge in [0.25, 0.3) is 0 Å². The number of ether oxygens (including phenoxy) is 5. The van der Waals surface area contributed by atoms with E-state index in [0.29, 0.717) is 11.1 Å². The molecule has 2 heterocycles. The van der Waals surface area contributed by atoms with Crippen LogP contribution in [0.2, 0.25) is 0 Å². The normalized spacial score (nSPS) is 26.4. The van der Waals surface area contributed by atoms with Crippen molar-refractivity contribution in [2.45, 2.75) is 56.3 Å². The highest BCUT2D eigenvalue weighted by molar-refractivity contribution is 5.91. The molecule has 2 aliphatic heterocycles. The Bertz CT molecular complexity index is 1490. The lowest BCUT2D eigenvalue weighted by Crippen LogP contribution is -2.60. The van der Waals surface area contributed by atoms with Crippen molar-refractivity contribution in [1.29, 1.82) is 0 Å². The van der Waals surface area contributed by atoms with Gasteiger partial charge in [-0.15, -0.1) is 0 Å². The third kappa shape index (κ3) is 8.93. The number of esters is 2. The van der Waals surface area contributed by atoms with Crippen LogP contribution in [-0.4, -0.2) is 121 Å². The van der Waals surface area contributed by atoms with Crippen LogP contribution in [0.1, 0.15) is 17.5 Å². The van der Waals surface area contributed by atoms with E-state index >= 15 is 0 Å². The molecule has 0 spiro atoms. The van der Waals surface area contributed by atoms with Crippen molar-refractivity contribution in [3.8, 4) is 23.0 Å². The summed E-state index contributed by atoms with van der Waals surface area (Å²) in [5.74, 6) is -4.21. The molecule has 0 radical (unpaired) electrons. The topological polar surface area (TPSA) is 262 Å². The number of carbonyl (C=O) groups excluding carboxylic acids is 2. The first-order valence-corrected chi connectivity index (χ1v) is 14.9. The van der Waals surface area contributed by atoms with Gasteiger partial charge in [0.05, 0.1) is 44.7 Å². The summed E-state index contributed by atoms with van der Waals surface area (Å²) in [7, 11) is 0. The molecule has 16 nitrogen and oxygen atoms in total. The average molecular weight is 679 g/mol. The lowest BCUT2D eigenvalue weighted by Gasteiger charge is -2.42. The molecule has 0 saturated carbocycles. The van der Waals surface area contributed by atoms with Gasteiger partial charge in [-0.3, -0.25) is 4.79 Å². The monoisotopic (exact) mass is 678 g/mol. The number of hydrogen-bond acceptors (Lipinski definition) is 16. The molecular formula is C32H38O16. The van der Waals surface area contributed by atoms with Gasteiger partial charge in [-0.05, 0) is 35.4 Å². The first-order valence-electron chi connectivity index (χ1n) is 14.9. The van der Waals surface area contributed by atoms with E-state index in [1.807, 2.05) is 0 Å². The maximum atomic E-state index is 13.3. The van der Waals surface area contributed by atoms with Crippen molar-refractivity contribution in [3.63, 3.8) is 0 Å². The Morgan fingerprint density at radius 1 is 0.792 bits per heavy atom. The number of aliphatic hydroxyl groups is 5. The van der Waals surface area contributed by atoms with Crippen LogP contribution in [0.3, 0.4) is 0 Å². The van der Waals surface area contributed by atoms with Gasteiger partial charge < -0.3 is 69.6 Å². The lowest BCUT2D eigenvalue weighted by molar-refractivity contribution is -0.327. The lowest BCUT2D eigenvalue weighted by atomic mass is 9.86. The van der Waals surface area contributed by atoms with Crippen LogP contribution >= 0.6 is 0 Å². The van der Waals surface area contributed by atoms with Crippen molar-refractivity contribution in [2.75, 3.05) is 26.4 Å². The minimum Gasteiger partial charge on any atom is -0.504 e. The number of phenols is 4. The average Bonchev–Trinajstić information content (AvgIpc) is 3.06. The zero-order valence-electron chi connectivity index (χ0n) is 25.5. The maximum absolute atomic E-state index is 13.3. The van der Waals surface area contributed by atoms with E-state index in [1.165, 1.54) is 42.5 Å². The Morgan fingerprint density at radius 2 is 1.40 bits per heavy atom. The summed E-state index contributed by atoms with van der Waals surface area (Å²) in [6.07, 6.45) is -7.71. The molecule has 48 heavy (non-hydrogen) atoms. The third-order valence-corrected chi connectivity index (χ3v) is 7.77. The molecule has 9 N–H and O–H groups in total. The van der Waals surface area contributed by atoms with Crippen LogP contribution in [0.25, 0.3) is 0 Å². The Labute approximate surface area is 273 Å². The molecule has 16 heteroatoms. The molecular weight excluding hydrogens is 640 g/mol. The summed E-state index contributed by atoms with van der Waals surface area (Å²) in [5, 5.41) is 88.6. The Hall–Kier alpha value is -4.42. The van der Waals surface area contributed by atoms with Gasteiger partial charge in [-0.25, -0.2) is 4.79 Å². The SMILES string of the molecule is O=C(C[C@H]1C(C(=O)OCCc2ccc(O)c(O)c2)=CO[C@@H](O[C@H]2O[C@H](CO)[C@@H](O)[C@H](O)[C@H]2O)C1=CCO)OCCc1ccc(O)c(O)c1. The van der Waals surface area contributed by atoms with Gasteiger partial charge in [-0.1, -0.05) is 18.2 Å². The van der Waals surface area contributed by atoms with Crippen LogP contribution in [0, 0.1) is 5.92 Å². The molecule has 2 aromatic carbocycles. The number of phenolic OH excluding ortho intramolecular Hbond substituents is 4. The van der Waals surface area contributed by atoms with E-state index < -0.39 is 74.5 Å². The molecule has 0 bridgehead atoms. The number of carbonyl (C=O) groups is 2. The number of aromatic hydroxyl groups is 4. The van der Waals surface area contributed by atoms with Crippen molar-refractivity contribution >= 4 is 11.9 Å². The quantitative estimate of drug-likeness (QED) is 0.0725. The Morgan fingerprint density at radius 3 is 1.96 bits per heavy atom. The molecule has 0 amide bonds. The van der Waals surface area contributed by atoms with Crippen molar-refractivity contribution in [2.24, 2.45) is 5.92 Å². The molecule has 1 fully saturated rings. The van der Waals surface area contributed by atoms with Gasteiger partial charge in [0.1, 0.15) is 24.4 Å². The molecule has 0 unspecified atom stereocenters. The predicted octanol–water partition coefficient (Wildman–Crippen LogP) is -0.638. The fourth-order valence-electron chi connectivity index (χ4n) is 5.12. The Balaban J connectivity index is 1.51. The van der Waals surface area contributed by atoms with Gasteiger partial charge in [0, 0.05) is 24.3 Å². The minimum absolute atomic E-state index is 0.0211. The third-order valence-electron chi connectivity index (χ3n) is 7.77. The smallest absolute Gasteiger partial charge is 0.337 e. The largest absolute Gasteiger partial charge is 0.504 e. The predicted molar refractivity (Wildman–Crippen MR) is 160 cm³/mol. The summed E-state index contributed by atoms with van der Waals surface area (Å²) in [6, 6.07) is 8.21. The van der Waals surface area contributed by atoms with Crippen LogP contribution in [0.4, 0.5) is 0 Å². The van der Waals surface area contributed by atoms with E-state index in [4.69, 9.17) is 23.7 Å². The molecule has 7 atom stereocenters. The molecule has 262 valence electrons. The molecule has 0 aromatic heterocycles. The van der Waals surface area contributed by atoms with Crippen LogP contribution in [0.5, 0.6) is 23.0 Å². The molecule has 1 saturated heterocycles. The molecule has 2 aromatic rings. The Kier molecular flexibility index (Phi) is 12.6. The molecule has 0 aliphatic carbocycles. The van der Waals surface area contributed by atoms with Gasteiger partial charge in [0.15, 0.2) is 29.3 Å². The van der Waals surface area contributed by atoms with Crippen LogP contribution in [-0.2, 0) is 46.1 Å². The van der Waals surface area contributed by atoms with Crippen molar-refractivity contribution in [3.05, 3.63) is 71.0 Å². The highest BCUT2D eigenvalue weighted by Gasteiger charge is 2.47. The minimum atomic E-state index is -1.81. The fraction of sp³-hybridized carbons (Fsp3) is 0.438. The highest BCUT2D eigenvalue weighted by atomic mass is 16.8. The second kappa shape index (κ2) is 16.6. The molecule has 2 aliphatic rings. The summed E-state index contributed by atoms with van der Waals surface area (Å²) in [4.78, 5) is 26.3. The van der Waals surface area contributed by atoms with Crippen molar-refractivity contribution < 1.29 is 79.2 Å². The van der Waals surface area contributed by atoms with Crippen molar-refractivity contribution in [1.82, 2.24) is 0 Å². The standard InChI is InChI=1S/C32H38O16/c33-8-5-18-19(13-26(39)44-9-6-16-1-3-21(35)23(37)11-16)20(30(43)45-10-7-17-2-4-22(36)24(38)12-17)15-46-31(18)48-32-29(42)28(41)27(40)25(14-34)47-32/h1-5,11-12,15,19,25,27-29,31-38,40-42H,6-10,13-14H2/t19-,25-,27-,28+,29-,31+,32-/m1/s1. The van der Waals surface area contributed by atoms with Crippen LogP contribution in [0.15, 0.2) is 59.9 Å². The second-order valence-corrected chi connectivity index (χ2v) is 11.0. The zero-order valence-corrected chi connectivity index (χ0v) is 25.5. The van der Waals surface area contributed by atoms with E-state index in [1.54, 1.807) is 0 Å². The maximum Gasteiger partial charge on any atom is 0.337 e.